The smallest absolute Gasteiger partial charge is 0.263 e. The van der Waals surface area contributed by atoms with E-state index in [0.717, 1.165) is 11.1 Å². The van der Waals surface area contributed by atoms with Gasteiger partial charge in [0.15, 0.2) is 0 Å². The number of nitrogens with one attached hydrogen (secondary N) is 1. The minimum absolute atomic E-state index is 0.120. The molecule has 0 aliphatic carbocycles. The second kappa shape index (κ2) is 6.63. The summed E-state index contributed by atoms with van der Waals surface area (Å²) in [6.07, 6.45) is 0. The third-order valence-corrected chi connectivity index (χ3v) is 4.89. The number of pyridine rings is 1. The van der Waals surface area contributed by atoms with E-state index < -0.39 is 10.0 Å². The van der Waals surface area contributed by atoms with E-state index >= 15 is 0 Å². The lowest BCUT2D eigenvalue weighted by Crippen LogP contribution is -2.14. The predicted molar refractivity (Wildman–Crippen MR) is 96.1 cm³/mol. The van der Waals surface area contributed by atoms with E-state index in [1.165, 1.54) is 18.2 Å². The van der Waals surface area contributed by atoms with Crippen LogP contribution in [-0.4, -0.2) is 13.4 Å². The first-order valence-electron chi connectivity index (χ1n) is 7.34. The van der Waals surface area contributed by atoms with Crippen LogP contribution < -0.4 is 10.5 Å². The average molecular weight is 352 g/mol. The molecule has 0 atom stereocenters. The molecule has 0 aliphatic heterocycles. The molecule has 2 aromatic carbocycles. The van der Waals surface area contributed by atoms with Gasteiger partial charge < -0.3 is 5.73 Å². The molecule has 0 unspecified atom stereocenters. The molecule has 0 saturated heterocycles. The third kappa shape index (κ3) is 3.76. The lowest BCUT2D eigenvalue weighted by atomic mass is 10.1. The van der Waals surface area contributed by atoms with Crippen LogP contribution in [0, 0.1) is 11.3 Å². The lowest BCUT2D eigenvalue weighted by Gasteiger charge is -2.09. The number of sulfonamides is 1. The Morgan fingerprint density at radius 2 is 1.52 bits per heavy atom. The number of benzene rings is 2. The number of nitrogen functional groups attached to an aromatic ring is 1. The summed E-state index contributed by atoms with van der Waals surface area (Å²) in [4.78, 5) is 4.05. The number of rotatable bonds is 4. The van der Waals surface area contributed by atoms with E-state index in [0.29, 0.717) is 5.56 Å². The first-order chi connectivity index (χ1) is 12.0. The third-order valence-electron chi connectivity index (χ3n) is 3.52. The van der Waals surface area contributed by atoms with Gasteiger partial charge in [0.05, 0.1) is 16.5 Å². The molecule has 7 heteroatoms. The molecular formula is C18H14N4O2S. The summed E-state index contributed by atoms with van der Waals surface area (Å²) in [5, 5.41) is 8.83. The Bertz CT molecular complexity index is 1040. The molecule has 0 saturated carbocycles. The minimum atomic E-state index is -3.75. The maximum Gasteiger partial charge on any atom is 0.263 e. The number of hydrogen-bond acceptors (Lipinski definition) is 5. The topological polar surface area (TPSA) is 109 Å². The van der Waals surface area contributed by atoms with Gasteiger partial charge in [-0.25, -0.2) is 13.4 Å². The highest BCUT2D eigenvalue weighted by atomic mass is 32.2. The molecular weight excluding hydrogens is 338 g/mol. The average Bonchev–Trinajstić information content (AvgIpc) is 2.61. The molecule has 0 aliphatic rings. The van der Waals surface area contributed by atoms with Gasteiger partial charge in [-0.05, 0) is 47.5 Å². The second-order valence-electron chi connectivity index (χ2n) is 5.27. The SMILES string of the molecule is N#[14C]c1ccc(-c2ccc(S(=O)(=O)Nc3cccc(N)n3)cc2)cc1. The minimum Gasteiger partial charge on any atom is -0.384 e. The molecule has 0 fully saturated rings. The van der Waals surface area contributed by atoms with Gasteiger partial charge in [0.1, 0.15) is 11.6 Å². The van der Waals surface area contributed by atoms with Crippen molar-refractivity contribution < 1.29 is 8.42 Å². The number of nitrogens with zero attached hydrogens (tertiary/aromatic N) is 2. The van der Waals surface area contributed by atoms with E-state index in [2.05, 4.69) is 15.8 Å². The molecule has 25 heavy (non-hydrogen) atoms. The highest BCUT2D eigenvalue weighted by Gasteiger charge is 2.15. The molecule has 0 amide bonds. The number of nitrogens with two attached hydrogens (primary N) is 1. The van der Waals surface area contributed by atoms with E-state index in [-0.39, 0.29) is 16.5 Å². The first-order valence-corrected chi connectivity index (χ1v) is 8.82. The normalized spacial score (nSPS) is 10.8. The zero-order valence-electron chi connectivity index (χ0n) is 13.0. The molecule has 0 radical (unpaired) electrons. The molecule has 0 bridgehead atoms. The van der Waals surface area contributed by atoms with Crippen LogP contribution in [0.3, 0.4) is 0 Å². The van der Waals surface area contributed by atoms with Gasteiger partial charge in [-0.1, -0.05) is 30.3 Å². The Kier molecular flexibility index (Phi) is 4.37. The summed E-state index contributed by atoms with van der Waals surface area (Å²) in [5.74, 6) is 0.396. The van der Waals surface area contributed by atoms with Crippen LogP contribution in [-0.2, 0) is 10.0 Å². The van der Waals surface area contributed by atoms with E-state index in [1.807, 2.05) is 12.1 Å². The highest BCUT2D eigenvalue weighted by Crippen LogP contribution is 2.23. The Labute approximate surface area is 145 Å². The number of nitriles is 1. The summed E-state index contributed by atoms with van der Waals surface area (Å²) >= 11 is 0. The summed E-state index contributed by atoms with van der Waals surface area (Å²) in [6.45, 7) is 0. The Morgan fingerprint density at radius 3 is 2.08 bits per heavy atom. The fourth-order valence-corrected chi connectivity index (χ4v) is 3.27. The molecule has 6 nitrogen and oxygen atoms in total. The lowest BCUT2D eigenvalue weighted by molar-refractivity contribution is 0.601. The summed E-state index contributed by atoms with van der Waals surface area (Å²) < 4.78 is 27.2. The van der Waals surface area contributed by atoms with E-state index in [9.17, 15) is 8.42 Å². The number of hydrogen-bond donors (Lipinski definition) is 2. The van der Waals surface area contributed by atoms with Crippen molar-refractivity contribution in [3.63, 3.8) is 0 Å². The van der Waals surface area contributed by atoms with Crippen LogP contribution in [0.1, 0.15) is 5.56 Å². The Balaban J connectivity index is 1.84. The van der Waals surface area contributed by atoms with E-state index in [4.69, 9.17) is 11.0 Å². The van der Waals surface area contributed by atoms with Gasteiger partial charge in [-0.3, -0.25) is 4.72 Å². The quantitative estimate of drug-likeness (QED) is 0.750. The van der Waals surface area contributed by atoms with Crippen molar-refractivity contribution >= 4 is 21.7 Å². The number of aromatic nitrogens is 1. The van der Waals surface area contributed by atoms with Crippen LogP contribution in [0.5, 0.6) is 0 Å². The van der Waals surface area contributed by atoms with Gasteiger partial charge in [0, 0.05) is 0 Å². The Morgan fingerprint density at radius 1 is 0.920 bits per heavy atom. The predicted octanol–water partition coefficient (Wildman–Crippen LogP) is 3.00. The van der Waals surface area contributed by atoms with Crippen LogP contribution in [0.4, 0.5) is 11.6 Å². The van der Waals surface area contributed by atoms with Gasteiger partial charge >= 0.3 is 0 Å². The molecule has 3 rings (SSSR count). The standard InChI is InChI=1S/C18H14N4O2S/c19-12-13-4-6-14(7-5-13)15-8-10-16(11-9-15)25(23,24)22-18-3-1-2-17(20)21-18/h1-11H,(H3,20,21,22)/i12+2. The van der Waals surface area contributed by atoms with Crippen molar-refractivity contribution in [2.75, 3.05) is 10.5 Å². The highest BCUT2D eigenvalue weighted by molar-refractivity contribution is 7.92. The van der Waals surface area contributed by atoms with Crippen LogP contribution in [0.25, 0.3) is 11.1 Å². The molecule has 3 N–H and O–H groups in total. The second-order valence-corrected chi connectivity index (χ2v) is 6.95. The van der Waals surface area contributed by atoms with Crippen molar-refractivity contribution in [2.45, 2.75) is 4.90 Å². The van der Waals surface area contributed by atoms with Gasteiger partial charge in [0.25, 0.3) is 10.0 Å². The molecule has 1 heterocycles. The molecule has 3 aromatic rings. The van der Waals surface area contributed by atoms with Gasteiger partial charge in [-0.2, -0.15) is 5.26 Å². The Hall–Kier alpha value is -3.37. The summed E-state index contributed by atoms with van der Waals surface area (Å²) in [5.41, 5.74) is 7.88. The van der Waals surface area contributed by atoms with E-state index in [1.54, 1.807) is 36.4 Å². The van der Waals surface area contributed by atoms with Crippen molar-refractivity contribution in [3.8, 4) is 17.2 Å². The fourth-order valence-electron chi connectivity index (χ4n) is 2.27. The molecule has 124 valence electrons. The summed E-state index contributed by atoms with van der Waals surface area (Å²) in [6, 6.07) is 20.3. The monoisotopic (exact) mass is 352 g/mol. The maximum absolute atomic E-state index is 12.4. The largest absolute Gasteiger partial charge is 0.384 e. The fraction of sp³-hybridized carbons (Fsp3) is 0. The van der Waals surface area contributed by atoms with Crippen molar-refractivity contribution in [1.82, 2.24) is 4.98 Å². The first kappa shape index (κ1) is 16.5. The van der Waals surface area contributed by atoms with Crippen LogP contribution in [0.2, 0.25) is 0 Å². The van der Waals surface area contributed by atoms with Crippen molar-refractivity contribution in [2.24, 2.45) is 0 Å². The van der Waals surface area contributed by atoms with Crippen molar-refractivity contribution in [3.05, 3.63) is 72.3 Å². The number of anilines is 2. The zero-order valence-corrected chi connectivity index (χ0v) is 13.9. The van der Waals surface area contributed by atoms with Crippen molar-refractivity contribution in [1.29, 1.82) is 5.26 Å². The maximum atomic E-state index is 12.4. The van der Waals surface area contributed by atoms with Crippen LogP contribution in [0.15, 0.2) is 71.6 Å². The molecule has 0 spiro atoms. The molecule has 1 aromatic heterocycles. The zero-order chi connectivity index (χ0) is 17.9. The van der Waals surface area contributed by atoms with Crippen LogP contribution >= 0.6 is 0 Å². The van der Waals surface area contributed by atoms with Gasteiger partial charge in [-0.15, -0.1) is 0 Å². The van der Waals surface area contributed by atoms with Gasteiger partial charge in [0.2, 0.25) is 0 Å². The summed E-state index contributed by atoms with van der Waals surface area (Å²) in [7, 11) is -3.75.